The number of aryl methyl sites for hydroxylation is 1. The third-order valence-corrected chi connectivity index (χ3v) is 9.36. The number of carbonyl (C=O) groups is 1. The highest BCUT2D eigenvalue weighted by Gasteiger charge is 2.45. The summed E-state index contributed by atoms with van der Waals surface area (Å²) >= 11 is 1.31. The lowest BCUT2D eigenvalue weighted by molar-refractivity contribution is -0.142. The van der Waals surface area contributed by atoms with Gasteiger partial charge in [0.2, 0.25) is 0 Å². The first kappa shape index (κ1) is 24.2. The number of rotatable bonds is 6. The van der Waals surface area contributed by atoms with E-state index < -0.39 is 10.0 Å². The van der Waals surface area contributed by atoms with Crippen molar-refractivity contribution < 1.29 is 17.9 Å². The molecule has 2 atom stereocenters. The smallest absolute Gasteiger partial charge is 0.309 e. The van der Waals surface area contributed by atoms with Crippen molar-refractivity contribution in [3.63, 3.8) is 0 Å². The predicted octanol–water partition coefficient (Wildman–Crippen LogP) is 5.16. The van der Waals surface area contributed by atoms with Gasteiger partial charge in [0.1, 0.15) is 10.9 Å². The van der Waals surface area contributed by atoms with Gasteiger partial charge in [0.05, 0.1) is 30.6 Å². The Morgan fingerprint density at radius 2 is 2.00 bits per heavy atom. The average molecular weight is 543 g/mol. The summed E-state index contributed by atoms with van der Waals surface area (Å²) in [6.45, 7) is 0. The molecule has 0 amide bonds. The second-order valence-electron chi connectivity index (χ2n) is 9.26. The van der Waals surface area contributed by atoms with E-state index in [0.29, 0.717) is 44.6 Å². The Hall–Kier alpha value is -4.20. The molecule has 2 aromatic carbocycles. The SMILES string of the molecule is COC(=O)C1CC1c1cccc(-c2c(-c3ccsc3C#N)c3ccccc3n2S(=O)(=O)c2cn(C)cn2)c1. The van der Waals surface area contributed by atoms with Crippen LogP contribution in [0.25, 0.3) is 33.3 Å². The molecule has 1 fully saturated rings. The van der Waals surface area contributed by atoms with Crippen molar-refractivity contribution in [1.29, 1.82) is 5.26 Å². The highest BCUT2D eigenvalue weighted by Crippen LogP contribution is 2.50. The Labute approximate surface area is 223 Å². The van der Waals surface area contributed by atoms with Gasteiger partial charge in [-0.15, -0.1) is 11.3 Å². The van der Waals surface area contributed by atoms with Crippen LogP contribution < -0.4 is 0 Å². The molecule has 3 aromatic heterocycles. The Bertz CT molecular complexity index is 1870. The minimum atomic E-state index is -4.13. The highest BCUT2D eigenvalue weighted by atomic mass is 32.2. The van der Waals surface area contributed by atoms with Crippen molar-refractivity contribution in [2.75, 3.05) is 7.11 Å². The summed E-state index contributed by atoms with van der Waals surface area (Å²) in [4.78, 5) is 16.8. The molecule has 0 N–H and O–H groups in total. The molecule has 0 bridgehead atoms. The van der Waals surface area contributed by atoms with Crippen LogP contribution in [-0.2, 0) is 26.6 Å². The quantitative estimate of drug-likeness (QED) is 0.275. The lowest BCUT2D eigenvalue weighted by Gasteiger charge is -2.13. The molecule has 5 aromatic rings. The number of carbonyl (C=O) groups excluding carboxylic acids is 1. The number of nitrogens with zero attached hydrogens (tertiary/aromatic N) is 4. The van der Waals surface area contributed by atoms with Crippen molar-refractivity contribution in [2.24, 2.45) is 13.0 Å². The molecule has 38 heavy (non-hydrogen) atoms. The molecule has 0 saturated heterocycles. The van der Waals surface area contributed by atoms with Gasteiger partial charge in [-0.25, -0.2) is 8.96 Å². The number of aromatic nitrogens is 3. The zero-order valence-corrected chi connectivity index (χ0v) is 22.2. The largest absolute Gasteiger partial charge is 0.469 e. The summed E-state index contributed by atoms with van der Waals surface area (Å²) in [5.41, 5.74) is 3.87. The zero-order chi connectivity index (χ0) is 26.6. The number of para-hydroxylation sites is 1. The van der Waals surface area contributed by atoms with Gasteiger partial charge in [-0.05, 0) is 41.5 Å². The number of benzene rings is 2. The van der Waals surface area contributed by atoms with E-state index in [9.17, 15) is 18.5 Å². The molecular weight excluding hydrogens is 520 g/mol. The molecular formula is C28H22N4O4S2. The van der Waals surface area contributed by atoms with Gasteiger partial charge in [0.15, 0.2) is 5.03 Å². The number of esters is 1. The van der Waals surface area contributed by atoms with Crippen LogP contribution in [0.1, 0.15) is 22.8 Å². The lowest BCUT2D eigenvalue weighted by atomic mass is 9.97. The molecule has 2 unspecified atom stereocenters. The molecule has 10 heteroatoms. The summed E-state index contributed by atoms with van der Waals surface area (Å²) in [5.74, 6) is -0.448. The fraction of sp³-hybridized carbons (Fsp3) is 0.179. The van der Waals surface area contributed by atoms with Crippen LogP contribution >= 0.6 is 11.3 Å². The van der Waals surface area contributed by atoms with E-state index in [-0.39, 0.29) is 22.8 Å². The van der Waals surface area contributed by atoms with E-state index in [0.717, 1.165) is 5.56 Å². The zero-order valence-electron chi connectivity index (χ0n) is 20.5. The molecule has 0 radical (unpaired) electrons. The summed E-state index contributed by atoms with van der Waals surface area (Å²) in [7, 11) is -1.03. The Kier molecular flexibility index (Phi) is 5.70. The molecule has 1 aliphatic rings. The van der Waals surface area contributed by atoms with E-state index >= 15 is 0 Å². The van der Waals surface area contributed by atoms with Gasteiger partial charge in [0, 0.05) is 35.3 Å². The molecule has 6 rings (SSSR count). The molecule has 0 aliphatic heterocycles. The van der Waals surface area contributed by atoms with Crippen molar-refractivity contribution >= 4 is 38.2 Å². The van der Waals surface area contributed by atoms with Gasteiger partial charge in [-0.1, -0.05) is 36.4 Å². The summed E-state index contributed by atoms with van der Waals surface area (Å²) in [6, 6.07) is 19.0. The molecule has 0 spiro atoms. The summed E-state index contributed by atoms with van der Waals surface area (Å²) in [6.07, 6.45) is 3.61. The first-order valence-corrected chi connectivity index (χ1v) is 14.2. The van der Waals surface area contributed by atoms with Crippen LogP contribution in [-0.4, -0.2) is 35.0 Å². The minimum Gasteiger partial charge on any atom is -0.469 e. The maximum atomic E-state index is 14.2. The number of nitriles is 1. The average Bonchev–Trinajstić information content (AvgIpc) is 3.23. The van der Waals surface area contributed by atoms with E-state index in [1.165, 1.54) is 34.9 Å². The monoisotopic (exact) mass is 542 g/mol. The standard InChI is InChI=1S/C28H22N4O4S2/c1-31-15-25(30-16-31)38(34,35)32-23-9-4-3-8-19(23)26(20-10-11-37-24(20)14-29)27(32)18-7-5-6-17(12-18)21-13-22(21)28(33)36-2/h3-12,15-16,21-22H,13H2,1-2H3. The maximum absolute atomic E-state index is 14.2. The number of ether oxygens (including phenoxy) is 1. The summed E-state index contributed by atoms with van der Waals surface area (Å²) < 4.78 is 36.2. The van der Waals surface area contributed by atoms with Gasteiger partial charge in [-0.3, -0.25) is 4.79 Å². The molecule has 1 aliphatic carbocycles. The third-order valence-electron chi connectivity index (χ3n) is 6.94. The molecule has 190 valence electrons. The van der Waals surface area contributed by atoms with E-state index in [2.05, 4.69) is 11.1 Å². The Morgan fingerprint density at radius 1 is 1.18 bits per heavy atom. The van der Waals surface area contributed by atoms with E-state index in [4.69, 9.17) is 4.74 Å². The third kappa shape index (κ3) is 3.74. The van der Waals surface area contributed by atoms with Crippen LogP contribution in [0.3, 0.4) is 0 Å². The van der Waals surface area contributed by atoms with Crippen LogP contribution in [0.4, 0.5) is 0 Å². The first-order valence-electron chi connectivity index (χ1n) is 11.9. The Balaban J connectivity index is 1.67. The van der Waals surface area contributed by atoms with Gasteiger partial charge >= 0.3 is 5.97 Å². The van der Waals surface area contributed by atoms with E-state index in [1.54, 1.807) is 23.7 Å². The maximum Gasteiger partial charge on any atom is 0.309 e. The predicted molar refractivity (Wildman–Crippen MR) is 144 cm³/mol. The number of methoxy groups -OCH3 is 1. The fourth-order valence-electron chi connectivity index (χ4n) is 5.10. The van der Waals surface area contributed by atoms with Gasteiger partial charge in [0.25, 0.3) is 10.0 Å². The fourth-order valence-corrected chi connectivity index (χ4v) is 7.31. The number of hydrogen-bond donors (Lipinski definition) is 0. The van der Waals surface area contributed by atoms with Crippen molar-refractivity contribution in [3.05, 3.63) is 82.9 Å². The number of imidazole rings is 1. The highest BCUT2D eigenvalue weighted by molar-refractivity contribution is 7.90. The van der Waals surface area contributed by atoms with Crippen molar-refractivity contribution in [2.45, 2.75) is 17.4 Å². The molecule has 3 heterocycles. The van der Waals surface area contributed by atoms with E-state index in [1.807, 2.05) is 47.8 Å². The first-order chi connectivity index (χ1) is 18.3. The van der Waals surface area contributed by atoms with Crippen molar-refractivity contribution in [3.8, 4) is 28.5 Å². The Morgan fingerprint density at radius 3 is 2.74 bits per heavy atom. The van der Waals surface area contributed by atoms with Crippen LogP contribution in [0.5, 0.6) is 0 Å². The van der Waals surface area contributed by atoms with Crippen LogP contribution in [0, 0.1) is 17.2 Å². The normalized spacial score (nSPS) is 16.9. The van der Waals surface area contributed by atoms with Gasteiger partial charge in [-0.2, -0.15) is 13.7 Å². The number of fused-ring (bicyclic) bond motifs is 1. The van der Waals surface area contributed by atoms with Crippen LogP contribution in [0.15, 0.2) is 77.5 Å². The van der Waals surface area contributed by atoms with Gasteiger partial charge < -0.3 is 9.30 Å². The molecule has 1 saturated carbocycles. The minimum absolute atomic E-state index is 0.00638. The summed E-state index contributed by atoms with van der Waals surface area (Å²) in [5, 5.41) is 12.3. The number of thiophene rings is 1. The molecule has 8 nitrogen and oxygen atoms in total. The topological polar surface area (TPSA) is 107 Å². The lowest BCUT2D eigenvalue weighted by Crippen LogP contribution is -2.15. The number of hydrogen-bond acceptors (Lipinski definition) is 7. The van der Waals surface area contributed by atoms with Crippen molar-refractivity contribution in [1.82, 2.24) is 13.5 Å². The van der Waals surface area contributed by atoms with Crippen LogP contribution in [0.2, 0.25) is 0 Å². The second kappa shape index (κ2) is 8.97. The second-order valence-corrected chi connectivity index (χ2v) is 11.9.